The predicted molar refractivity (Wildman–Crippen MR) is 231 cm³/mol. The smallest absolute Gasteiger partial charge is 0.235 e. The van der Waals surface area contributed by atoms with Crippen molar-refractivity contribution in [3.8, 4) is 45.1 Å². The third-order valence-electron chi connectivity index (χ3n) is 11.7. The van der Waals surface area contributed by atoms with Crippen molar-refractivity contribution in [2.24, 2.45) is 0 Å². The Morgan fingerprint density at radius 2 is 1.13 bits per heavy atom. The number of thiophene rings is 1. The highest BCUT2D eigenvalue weighted by Crippen LogP contribution is 2.52. The molecule has 0 amide bonds. The number of para-hydroxylation sites is 3. The molecule has 0 fully saturated rings. The highest BCUT2D eigenvalue weighted by molar-refractivity contribution is 7.26. The average molecular weight is 717 g/mol. The Hall–Kier alpha value is -7.08. The molecule has 5 heteroatoms. The fourth-order valence-electron chi connectivity index (χ4n) is 9.34. The molecule has 0 N–H and O–H groups in total. The fraction of sp³-hybridized carbons (Fsp3) is 0. The van der Waals surface area contributed by atoms with E-state index >= 15 is 0 Å². The molecule has 12 aromatic rings. The molecule has 0 atom stereocenters. The molecule has 4 aromatic heterocycles. The summed E-state index contributed by atoms with van der Waals surface area (Å²) in [6.07, 6.45) is 0. The van der Waals surface area contributed by atoms with Crippen molar-refractivity contribution in [1.29, 1.82) is 0 Å². The lowest BCUT2D eigenvalue weighted by molar-refractivity contribution is 1.02. The van der Waals surface area contributed by atoms with Crippen molar-refractivity contribution in [1.82, 2.24) is 19.1 Å². The summed E-state index contributed by atoms with van der Waals surface area (Å²) in [5, 5.41) is 8.38. The van der Waals surface area contributed by atoms with Crippen molar-refractivity contribution in [3.05, 3.63) is 170 Å². The number of rotatable bonds is 2. The van der Waals surface area contributed by atoms with Crippen LogP contribution >= 0.6 is 11.3 Å². The van der Waals surface area contributed by atoms with Crippen LogP contribution in [0.1, 0.15) is 0 Å². The summed E-state index contributed by atoms with van der Waals surface area (Å²) in [6.45, 7) is 0. The van der Waals surface area contributed by atoms with Crippen molar-refractivity contribution in [2.45, 2.75) is 0 Å². The van der Waals surface area contributed by atoms with Crippen LogP contribution < -0.4 is 0 Å². The monoisotopic (exact) mass is 716 g/mol. The maximum Gasteiger partial charge on any atom is 0.235 e. The summed E-state index contributed by atoms with van der Waals surface area (Å²) in [5.74, 6) is 0.672. The number of aromatic nitrogens is 4. The van der Waals surface area contributed by atoms with Gasteiger partial charge in [-0.1, -0.05) is 133 Å². The van der Waals surface area contributed by atoms with Gasteiger partial charge in [0.15, 0.2) is 0 Å². The van der Waals surface area contributed by atoms with E-state index in [4.69, 9.17) is 9.97 Å². The van der Waals surface area contributed by atoms with E-state index in [1.54, 1.807) is 11.3 Å². The van der Waals surface area contributed by atoms with Gasteiger partial charge in [0.1, 0.15) is 0 Å². The van der Waals surface area contributed by atoms with Crippen LogP contribution in [0.25, 0.3) is 120 Å². The molecule has 0 radical (unpaired) electrons. The van der Waals surface area contributed by atoms with Gasteiger partial charge in [-0.2, -0.15) is 0 Å². The van der Waals surface area contributed by atoms with Crippen molar-refractivity contribution in [3.63, 3.8) is 0 Å². The van der Waals surface area contributed by atoms with E-state index in [1.807, 2.05) is 0 Å². The second-order valence-electron chi connectivity index (χ2n) is 14.5. The van der Waals surface area contributed by atoms with E-state index in [0.29, 0.717) is 5.95 Å². The third-order valence-corrected chi connectivity index (χ3v) is 12.8. The lowest BCUT2D eigenvalue weighted by atomic mass is 9.91. The Bertz CT molecular complexity index is 3620. The SMILES string of the molecule is c1ccc2c(c1)-c1ccccc1-n1c3ccccc3c3cc4c(c-2c31)c1ccccc1n4-c1nc(-c2ccc3ccccc3c2)c2sc3ccccc3c2n1. The average Bonchev–Trinajstić information content (AvgIpc) is 3.87. The number of fused-ring (bicyclic) bond motifs is 16. The molecule has 1 aliphatic heterocycles. The molecule has 1 aliphatic rings. The molecule has 0 aliphatic carbocycles. The van der Waals surface area contributed by atoms with Crippen molar-refractivity contribution >= 4 is 86.0 Å². The number of hydrogen-bond acceptors (Lipinski definition) is 3. The molecule has 55 heavy (non-hydrogen) atoms. The third kappa shape index (κ3) is 3.89. The van der Waals surface area contributed by atoms with Gasteiger partial charge in [0, 0.05) is 48.3 Å². The Labute approximate surface area is 318 Å². The molecule has 4 nitrogen and oxygen atoms in total. The summed E-state index contributed by atoms with van der Waals surface area (Å²) < 4.78 is 7.13. The topological polar surface area (TPSA) is 35.6 Å². The molecule has 254 valence electrons. The van der Waals surface area contributed by atoms with Gasteiger partial charge in [0.2, 0.25) is 5.95 Å². The molecule has 0 saturated carbocycles. The summed E-state index contributed by atoms with van der Waals surface area (Å²) in [6, 6.07) is 61.7. The lowest BCUT2D eigenvalue weighted by Crippen LogP contribution is -2.03. The van der Waals surface area contributed by atoms with E-state index in [9.17, 15) is 0 Å². The molecule has 5 heterocycles. The molecule has 0 bridgehead atoms. The highest BCUT2D eigenvalue weighted by Gasteiger charge is 2.29. The molecule has 0 saturated heterocycles. The maximum absolute atomic E-state index is 5.59. The first kappa shape index (κ1) is 29.4. The van der Waals surface area contributed by atoms with E-state index in [1.165, 1.54) is 76.0 Å². The summed E-state index contributed by atoms with van der Waals surface area (Å²) in [7, 11) is 0. The van der Waals surface area contributed by atoms with Gasteiger partial charge < -0.3 is 4.57 Å². The summed E-state index contributed by atoms with van der Waals surface area (Å²) in [4.78, 5) is 11.1. The van der Waals surface area contributed by atoms with Gasteiger partial charge >= 0.3 is 0 Å². The Morgan fingerprint density at radius 1 is 0.455 bits per heavy atom. The Morgan fingerprint density at radius 3 is 2.00 bits per heavy atom. The van der Waals surface area contributed by atoms with Crippen LogP contribution in [0.5, 0.6) is 0 Å². The molecule has 8 aromatic carbocycles. The molecule has 0 spiro atoms. The first-order valence-corrected chi connectivity index (χ1v) is 19.5. The van der Waals surface area contributed by atoms with Crippen LogP contribution in [0.4, 0.5) is 0 Å². The maximum atomic E-state index is 5.59. The molecular formula is C50H28N4S. The van der Waals surface area contributed by atoms with Crippen LogP contribution in [-0.2, 0) is 0 Å². The Balaban J connectivity index is 1.23. The molecular weight excluding hydrogens is 689 g/mol. The van der Waals surface area contributed by atoms with E-state index in [-0.39, 0.29) is 0 Å². The lowest BCUT2D eigenvalue weighted by Gasteiger charge is -2.13. The van der Waals surface area contributed by atoms with E-state index in [2.05, 4.69) is 179 Å². The predicted octanol–water partition coefficient (Wildman–Crippen LogP) is 13.5. The van der Waals surface area contributed by atoms with E-state index in [0.717, 1.165) is 37.9 Å². The Kier molecular flexibility index (Phi) is 5.74. The molecule has 13 rings (SSSR count). The van der Waals surface area contributed by atoms with E-state index < -0.39 is 0 Å². The quantitative estimate of drug-likeness (QED) is 0.179. The first-order chi connectivity index (χ1) is 27.3. The van der Waals surface area contributed by atoms with Crippen molar-refractivity contribution in [2.75, 3.05) is 0 Å². The minimum absolute atomic E-state index is 0.672. The largest absolute Gasteiger partial charge is 0.308 e. The van der Waals surface area contributed by atoms with Gasteiger partial charge in [-0.05, 0) is 58.3 Å². The van der Waals surface area contributed by atoms with Crippen LogP contribution in [-0.4, -0.2) is 19.1 Å². The van der Waals surface area contributed by atoms with Crippen LogP contribution in [0.15, 0.2) is 170 Å². The normalized spacial score (nSPS) is 12.4. The summed E-state index contributed by atoms with van der Waals surface area (Å²) in [5.41, 5.74) is 13.7. The van der Waals surface area contributed by atoms with Crippen LogP contribution in [0.3, 0.4) is 0 Å². The van der Waals surface area contributed by atoms with Gasteiger partial charge in [-0.3, -0.25) is 4.57 Å². The standard InChI is InChI=1S/C50H28N4S/c1-2-14-30-27-31(26-25-29(30)13-1)46-49-47(37-20-8-12-24-43(37)55-49)52-50(51-46)54-41-23-11-7-19-36(41)44-42(54)28-38-34-17-6-10-22-40(34)53-39-21-9-5-16-33(39)32-15-3-4-18-35(32)45(44)48(38)53/h1-28H. The van der Waals surface area contributed by atoms with Gasteiger partial charge in [0.25, 0.3) is 0 Å². The van der Waals surface area contributed by atoms with Crippen molar-refractivity contribution < 1.29 is 0 Å². The first-order valence-electron chi connectivity index (χ1n) is 18.7. The highest BCUT2D eigenvalue weighted by atomic mass is 32.1. The zero-order valence-electron chi connectivity index (χ0n) is 29.4. The zero-order chi connectivity index (χ0) is 35.8. The van der Waals surface area contributed by atoms with Gasteiger partial charge in [-0.15, -0.1) is 11.3 Å². The minimum atomic E-state index is 0.672. The fourth-order valence-corrected chi connectivity index (χ4v) is 10.5. The van der Waals surface area contributed by atoms with Gasteiger partial charge in [0.05, 0.1) is 43.7 Å². The second kappa shape index (κ2) is 10.8. The van der Waals surface area contributed by atoms with Gasteiger partial charge in [-0.25, -0.2) is 9.97 Å². The van der Waals surface area contributed by atoms with Crippen LogP contribution in [0, 0.1) is 0 Å². The van der Waals surface area contributed by atoms with Crippen LogP contribution in [0.2, 0.25) is 0 Å². The number of hydrogen-bond donors (Lipinski definition) is 0. The summed E-state index contributed by atoms with van der Waals surface area (Å²) >= 11 is 1.77. The second-order valence-corrected chi connectivity index (χ2v) is 15.6. The minimum Gasteiger partial charge on any atom is -0.308 e. The molecule has 0 unspecified atom stereocenters. The number of nitrogens with zero attached hydrogens (tertiary/aromatic N) is 4. The number of benzene rings is 8. The zero-order valence-corrected chi connectivity index (χ0v) is 30.2.